The Labute approximate surface area is 180 Å². The third-order valence-electron chi connectivity index (χ3n) is 4.15. The van der Waals surface area contributed by atoms with E-state index in [1.54, 1.807) is 6.08 Å². The normalized spacial score (nSPS) is 13.4. The van der Waals surface area contributed by atoms with Gasteiger partial charge in [0.15, 0.2) is 5.78 Å². The number of ketones is 1. The molecule has 1 nitrogen and oxygen atoms in total. The number of benzene rings is 2. The van der Waals surface area contributed by atoms with Gasteiger partial charge in [-0.2, -0.15) is 0 Å². The maximum Gasteiger partial charge on any atom is 0.156 e. The Balaban J connectivity index is 2.11. The molecule has 0 bridgehead atoms. The van der Waals surface area contributed by atoms with Crippen molar-refractivity contribution in [1.82, 2.24) is 0 Å². The molecule has 1 unspecified atom stereocenters. The lowest BCUT2D eigenvalue weighted by atomic mass is 9.93. The monoisotopic (exact) mass is 504 g/mol. The quantitative estimate of drug-likeness (QED) is 0.202. The van der Waals surface area contributed by atoms with Crippen LogP contribution in [0.5, 0.6) is 0 Å². The van der Waals surface area contributed by atoms with Crippen molar-refractivity contribution >= 4 is 51.8 Å². The molecule has 2 aromatic rings. The minimum absolute atomic E-state index is 0.108. The molecular weight excluding hydrogens is 480 g/mol. The molecule has 27 heavy (non-hydrogen) atoms. The van der Waals surface area contributed by atoms with E-state index in [1.807, 2.05) is 42.5 Å². The molecule has 0 saturated heterocycles. The fraction of sp³-hybridized carbons (Fsp3) is 0.261. The second kappa shape index (κ2) is 10.3. The van der Waals surface area contributed by atoms with E-state index in [9.17, 15) is 4.79 Å². The van der Waals surface area contributed by atoms with E-state index in [-0.39, 0.29) is 11.7 Å². The van der Waals surface area contributed by atoms with E-state index in [0.29, 0.717) is 6.42 Å². The SMILES string of the molecule is C[Si](C)(C)C/C=C/C(CC(=O)/C=C/c1ccc(Br)cc1)c1ccc(Br)cc1. The van der Waals surface area contributed by atoms with Crippen LogP contribution in [0.1, 0.15) is 23.5 Å². The van der Waals surface area contributed by atoms with Crippen LogP contribution in [0.25, 0.3) is 6.08 Å². The molecule has 4 heteroatoms. The van der Waals surface area contributed by atoms with Gasteiger partial charge in [-0.05, 0) is 47.5 Å². The van der Waals surface area contributed by atoms with Crippen LogP contribution < -0.4 is 0 Å². The molecule has 2 rings (SSSR count). The Kier molecular flexibility index (Phi) is 8.46. The van der Waals surface area contributed by atoms with Crippen molar-refractivity contribution in [3.8, 4) is 0 Å². The second-order valence-corrected chi connectivity index (χ2v) is 15.3. The van der Waals surface area contributed by atoms with Crippen LogP contribution in [0.15, 0.2) is 75.7 Å². The fourth-order valence-electron chi connectivity index (χ4n) is 2.64. The molecule has 0 heterocycles. The zero-order valence-electron chi connectivity index (χ0n) is 16.1. The number of hydrogen-bond acceptors (Lipinski definition) is 1. The zero-order valence-corrected chi connectivity index (χ0v) is 20.3. The summed E-state index contributed by atoms with van der Waals surface area (Å²) in [4.78, 5) is 12.6. The van der Waals surface area contributed by atoms with Crippen molar-refractivity contribution in [1.29, 1.82) is 0 Å². The lowest BCUT2D eigenvalue weighted by molar-refractivity contribution is -0.114. The van der Waals surface area contributed by atoms with Gasteiger partial charge in [-0.1, -0.05) is 94.0 Å². The van der Waals surface area contributed by atoms with Gasteiger partial charge in [-0.3, -0.25) is 4.79 Å². The zero-order chi connectivity index (χ0) is 19.9. The minimum atomic E-state index is -1.13. The van der Waals surface area contributed by atoms with E-state index in [2.05, 4.69) is 75.8 Å². The van der Waals surface area contributed by atoms with E-state index in [0.717, 1.165) is 20.6 Å². The van der Waals surface area contributed by atoms with Gasteiger partial charge >= 0.3 is 0 Å². The molecule has 0 radical (unpaired) electrons. The number of carbonyl (C=O) groups excluding carboxylic acids is 1. The minimum Gasteiger partial charge on any atom is -0.295 e. The van der Waals surface area contributed by atoms with Gasteiger partial charge in [-0.15, -0.1) is 0 Å². The van der Waals surface area contributed by atoms with E-state index in [4.69, 9.17) is 0 Å². The molecular formula is C23H26Br2OSi. The molecule has 0 aliphatic carbocycles. The van der Waals surface area contributed by atoms with Crippen LogP contribution >= 0.6 is 31.9 Å². The van der Waals surface area contributed by atoms with Gasteiger partial charge in [0, 0.05) is 29.4 Å². The summed E-state index contributed by atoms with van der Waals surface area (Å²) in [6.07, 6.45) is 8.55. The molecule has 0 aliphatic rings. The first-order valence-electron chi connectivity index (χ1n) is 9.11. The van der Waals surface area contributed by atoms with Crippen molar-refractivity contribution in [2.75, 3.05) is 0 Å². The summed E-state index contributed by atoms with van der Waals surface area (Å²) >= 11 is 6.91. The van der Waals surface area contributed by atoms with Crippen LogP contribution in [-0.4, -0.2) is 13.9 Å². The Bertz CT molecular complexity index is 800. The number of halogens is 2. The van der Waals surface area contributed by atoms with Gasteiger partial charge in [0.1, 0.15) is 0 Å². The Morgan fingerprint density at radius 1 is 0.963 bits per heavy atom. The summed E-state index contributed by atoms with van der Waals surface area (Å²) < 4.78 is 2.09. The number of allylic oxidation sites excluding steroid dienone is 3. The third kappa shape index (κ3) is 8.54. The smallest absolute Gasteiger partial charge is 0.156 e. The molecule has 1 atom stereocenters. The van der Waals surface area contributed by atoms with Crippen molar-refractivity contribution in [3.63, 3.8) is 0 Å². The highest BCUT2D eigenvalue weighted by molar-refractivity contribution is 9.10. The molecule has 0 aromatic heterocycles. The predicted octanol–water partition coefficient (Wildman–Crippen LogP) is 7.86. The number of rotatable bonds is 8. The summed E-state index contributed by atoms with van der Waals surface area (Å²) in [5, 5.41) is 0. The molecule has 0 spiro atoms. The molecule has 0 N–H and O–H groups in total. The molecule has 0 fully saturated rings. The van der Waals surface area contributed by atoms with Crippen LogP contribution in [0.2, 0.25) is 25.7 Å². The third-order valence-corrected chi connectivity index (χ3v) is 6.67. The highest BCUT2D eigenvalue weighted by Crippen LogP contribution is 2.25. The lowest BCUT2D eigenvalue weighted by Crippen LogP contribution is -2.17. The van der Waals surface area contributed by atoms with Gasteiger partial charge in [0.2, 0.25) is 0 Å². The van der Waals surface area contributed by atoms with E-state index >= 15 is 0 Å². The van der Waals surface area contributed by atoms with E-state index < -0.39 is 8.07 Å². The summed E-state index contributed by atoms with van der Waals surface area (Å²) in [6, 6.07) is 17.3. The van der Waals surface area contributed by atoms with Crippen LogP contribution in [0, 0.1) is 0 Å². The van der Waals surface area contributed by atoms with Crippen molar-refractivity contribution in [2.45, 2.75) is 38.0 Å². The maximum atomic E-state index is 12.6. The maximum absolute atomic E-state index is 12.6. The molecule has 0 aliphatic heterocycles. The van der Waals surface area contributed by atoms with Crippen LogP contribution in [0.3, 0.4) is 0 Å². The molecule has 0 saturated carbocycles. The molecule has 0 amide bonds. The van der Waals surface area contributed by atoms with Crippen molar-refractivity contribution < 1.29 is 4.79 Å². The molecule has 2 aromatic carbocycles. The topological polar surface area (TPSA) is 17.1 Å². The summed E-state index contributed by atoms with van der Waals surface area (Å²) in [6.45, 7) is 7.08. The highest BCUT2D eigenvalue weighted by atomic mass is 79.9. The number of hydrogen-bond donors (Lipinski definition) is 0. The first kappa shape index (κ1) is 22.1. The van der Waals surface area contributed by atoms with Crippen molar-refractivity contribution in [3.05, 3.63) is 86.8 Å². The Morgan fingerprint density at radius 2 is 1.52 bits per heavy atom. The van der Waals surface area contributed by atoms with Gasteiger partial charge in [0.05, 0.1) is 0 Å². The van der Waals surface area contributed by atoms with Gasteiger partial charge in [-0.25, -0.2) is 0 Å². The van der Waals surface area contributed by atoms with Crippen molar-refractivity contribution in [2.24, 2.45) is 0 Å². The average Bonchev–Trinajstić information content (AvgIpc) is 2.60. The van der Waals surface area contributed by atoms with Gasteiger partial charge < -0.3 is 0 Å². The standard InChI is InChI=1S/C23H26Br2OSi/c1-27(2,3)16-4-5-20(19-9-13-22(25)14-10-19)17-23(26)15-8-18-6-11-21(24)12-7-18/h4-15,20H,16-17H2,1-3H3/b5-4+,15-8+. The van der Waals surface area contributed by atoms with Gasteiger partial charge in [0.25, 0.3) is 0 Å². The number of carbonyl (C=O) groups is 1. The summed E-state index contributed by atoms with van der Waals surface area (Å²) in [7, 11) is -1.13. The van der Waals surface area contributed by atoms with E-state index in [1.165, 1.54) is 5.56 Å². The first-order valence-corrected chi connectivity index (χ1v) is 14.4. The Hall–Kier alpha value is -1.23. The predicted molar refractivity (Wildman–Crippen MR) is 127 cm³/mol. The second-order valence-electron chi connectivity index (χ2n) is 7.91. The molecule has 142 valence electrons. The highest BCUT2D eigenvalue weighted by Gasteiger charge is 2.14. The van der Waals surface area contributed by atoms with Crippen LogP contribution in [0.4, 0.5) is 0 Å². The average molecular weight is 506 g/mol. The van der Waals surface area contributed by atoms with Crippen LogP contribution in [-0.2, 0) is 4.79 Å². The largest absolute Gasteiger partial charge is 0.295 e. The summed E-state index contributed by atoms with van der Waals surface area (Å²) in [5.74, 6) is 0.250. The fourth-order valence-corrected chi connectivity index (χ4v) is 4.01. The first-order chi connectivity index (χ1) is 12.7. The Morgan fingerprint density at radius 3 is 2.07 bits per heavy atom. The lowest BCUT2D eigenvalue weighted by Gasteiger charge is -2.15. The summed E-state index contributed by atoms with van der Waals surface area (Å²) in [5.41, 5.74) is 2.21.